The average molecular weight is 484 g/mol. The van der Waals surface area contributed by atoms with Crippen molar-refractivity contribution in [3.8, 4) is 16.9 Å². The Morgan fingerprint density at radius 1 is 0.857 bits per heavy atom. The van der Waals surface area contributed by atoms with Crippen molar-refractivity contribution >= 4 is 23.6 Å². The second-order valence-electron chi connectivity index (χ2n) is 7.88. The predicted molar refractivity (Wildman–Crippen MR) is 138 cm³/mol. The molecular weight excluding hydrogens is 458 g/mol. The molecule has 1 unspecified atom stereocenters. The third-order valence-corrected chi connectivity index (χ3v) is 6.60. The molecule has 0 aliphatic heterocycles. The van der Waals surface area contributed by atoms with E-state index in [2.05, 4.69) is 5.32 Å². The van der Waals surface area contributed by atoms with E-state index in [9.17, 15) is 14.7 Å². The maximum atomic E-state index is 13.1. The molecule has 0 spiro atoms. The van der Waals surface area contributed by atoms with Gasteiger partial charge in [0.05, 0.1) is 12.7 Å². The lowest BCUT2D eigenvalue weighted by Crippen LogP contribution is -2.42. The number of aliphatic carboxylic acids is 1. The highest BCUT2D eigenvalue weighted by atomic mass is 32.2. The molecule has 0 aliphatic carbocycles. The summed E-state index contributed by atoms with van der Waals surface area (Å²) in [5.74, 6) is -0.731. The fourth-order valence-electron chi connectivity index (χ4n) is 3.73. The predicted octanol–water partition coefficient (Wildman–Crippen LogP) is 5.94. The number of carbonyl (C=O) groups is 2. The van der Waals surface area contributed by atoms with Gasteiger partial charge in [-0.1, -0.05) is 84.6 Å². The topological polar surface area (TPSA) is 75.6 Å². The van der Waals surface area contributed by atoms with E-state index in [0.29, 0.717) is 5.56 Å². The van der Waals surface area contributed by atoms with Gasteiger partial charge in [0.2, 0.25) is 0 Å². The van der Waals surface area contributed by atoms with E-state index >= 15 is 0 Å². The van der Waals surface area contributed by atoms with Gasteiger partial charge >= 0.3 is 5.97 Å². The van der Waals surface area contributed by atoms with E-state index in [1.54, 1.807) is 19.2 Å². The molecule has 0 fully saturated rings. The number of para-hydroxylation sites is 1. The molecule has 6 heteroatoms. The zero-order valence-corrected chi connectivity index (χ0v) is 20.0. The Morgan fingerprint density at radius 2 is 1.51 bits per heavy atom. The van der Waals surface area contributed by atoms with Crippen molar-refractivity contribution in [2.24, 2.45) is 0 Å². The molecule has 0 radical (unpaired) electrons. The molecule has 4 aromatic carbocycles. The number of carbonyl (C=O) groups excluding carboxylic acids is 1. The maximum absolute atomic E-state index is 13.1. The minimum absolute atomic E-state index is 0.168. The van der Waals surface area contributed by atoms with Crippen LogP contribution >= 0.6 is 11.8 Å². The molecule has 1 atom stereocenters. The first-order chi connectivity index (χ1) is 17.0. The van der Waals surface area contributed by atoms with Crippen LogP contribution in [0.3, 0.4) is 0 Å². The van der Waals surface area contributed by atoms with Crippen LogP contribution in [-0.4, -0.2) is 30.1 Å². The summed E-state index contributed by atoms with van der Waals surface area (Å²) < 4.78 is 5.43. The molecule has 35 heavy (non-hydrogen) atoms. The molecular formula is C29H25NO4S. The molecule has 0 aliphatic rings. The molecule has 176 valence electrons. The third-order valence-electron chi connectivity index (χ3n) is 5.52. The Bertz CT molecular complexity index is 1310. The molecule has 4 aromatic rings. The van der Waals surface area contributed by atoms with Crippen molar-refractivity contribution in [2.45, 2.75) is 22.3 Å². The van der Waals surface area contributed by atoms with Crippen LogP contribution in [0.4, 0.5) is 0 Å². The van der Waals surface area contributed by atoms with Gasteiger partial charge in [-0.05, 0) is 41.5 Å². The summed E-state index contributed by atoms with van der Waals surface area (Å²) in [6.07, 6.45) is 0.168. The van der Waals surface area contributed by atoms with Crippen LogP contribution in [0.15, 0.2) is 113 Å². The van der Waals surface area contributed by atoms with Gasteiger partial charge in [0.1, 0.15) is 11.8 Å². The van der Waals surface area contributed by atoms with Gasteiger partial charge in [0, 0.05) is 21.8 Å². The number of amides is 1. The highest BCUT2D eigenvalue weighted by molar-refractivity contribution is 7.99. The molecule has 5 nitrogen and oxygen atoms in total. The summed E-state index contributed by atoms with van der Waals surface area (Å²) in [6, 6.07) is 31.2. The SMILES string of the molecule is COc1ccccc1-c1ccc(CC(NC(=O)c2ccccc2Sc2ccccc2)C(=O)O)cc1. The Morgan fingerprint density at radius 3 is 2.23 bits per heavy atom. The average Bonchev–Trinajstić information content (AvgIpc) is 2.89. The van der Waals surface area contributed by atoms with Crippen molar-refractivity contribution in [2.75, 3.05) is 7.11 Å². The van der Waals surface area contributed by atoms with Crippen molar-refractivity contribution in [3.63, 3.8) is 0 Å². The van der Waals surface area contributed by atoms with Crippen LogP contribution < -0.4 is 10.1 Å². The number of methoxy groups -OCH3 is 1. The summed E-state index contributed by atoms with van der Waals surface area (Å²) in [5, 5.41) is 12.5. The van der Waals surface area contributed by atoms with Crippen LogP contribution in [0.25, 0.3) is 11.1 Å². The maximum Gasteiger partial charge on any atom is 0.326 e. The molecule has 0 saturated carbocycles. The summed E-state index contributed by atoms with van der Waals surface area (Å²) in [5.41, 5.74) is 3.17. The van der Waals surface area contributed by atoms with Gasteiger partial charge < -0.3 is 15.2 Å². The van der Waals surface area contributed by atoms with E-state index in [0.717, 1.165) is 32.2 Å². The largest absolute Gasteiger partial charge is 0.496 e. The van der Waals surface area contributed by atoms with Gasteiger partial charge in [-0.2, -0.15) is 0 Å². The normalized spacial score (nSPS) is 11.5. The first-order valence-electron chi connectivity index (χ1n) is 11.1. The zero-order chi connectivity index (χ0) is 24.6. The minimum Gasteiger partial charge on any atom is -0.496 e. The van der Waals surface area contributed by atoms with Crippen LogP contribution in [0, 0.1) is 0 Å². The molecule has 0 bridgehead atoms. The summed E-state index contributed by atoms with van der Waals surface area (Å²) in [6.45, 7) is 0. The van der Waals surface area contributed by atoms with Crippen molar-refractivity contribution in [3.05, 3.63) is 114 Å². The lowest BCUT2D eigenvalue weighted by molar-refractivity contribution is -0.139. The van der Waals surface area contributed by atoms with Crippen LogP contribution in [0.2, 0.25) is 0 Å². The van der Waals surface area contributed by atoms with E-state index in [4.69, 9.17) is 4.74 Å². The van der Waals surface area contributed by atoms with Gasteiger partial charge in [-0.3, -0.25) is 4.79 Å². The Hall–Kier alpha value is -4.03. The number of hydrogen-bond donors (Lipinski definition) is 2. The Kier molecular flexibility index (Phi) is 7.85. The van der Waals surface area contributed by atoms with E-state index < -0.39 is 17.9 Å². The molecule has 0 heterocycles. The molecule has 4 rings (SSSR count). The van der Waals surface area contributed by atoms with E-state index in [1.165, 1.54) is 11.8 Å². The number of hydrogen-bond acceptors (Lipinski definition) is 4. The number of nitrogens with one attached hydrogen (secondary N) is 1. The summed E-state index contributed by atoms with van der Waals surface area (Å²) in [4.78, 5) is 26.8. The Labute approximate surface area is 208 Å². The van der Waals surface area contributed by atoms with Gasteiger partial charge in [-0.25, -0.2) is 4.79 Å². The van der Waals surface area contributed by atoms with Crippen LogP contribution in [0.1, 0.15) is 15.9 Å². The van der Waals surface area contributed by atoms with E-state index in [1.807, 2.05) is 91.0 Å². The molecule has 0 aromatic heterocycles. The summed E-state index contributed by atoms with van der Waals surface area (Å²) in [7, 11) is 1.63. The lowest BCUT2D eigenvalue weighted by Gasteiger charge is -2.17. The van der Waals surface area contributed by atoms with E-state index in [-0.39, 0.29) is 6.42 Å². The number of carboxylic acids is 1. The van der Waals surface area contributed by atoms with Crippen LogP contribution in [-0.2, 0) is 11.2 Å². The second-order valence-corrected chi connectivity index (χ2v) is 8.99. The quantitative estimate of drug-likeness (QED) is 0.308. The standard InChI is InChI=1S/C29H25NO4S/c1-34-26-13-7-5-11-23(26)21-17-15-20(16-18-21)19-25(29(32)33)30-28(31)24-12-6-8-14-27(24)35-22-9-3-2-4-10-22/h2-18,25H,19H2,1H3,(H,30,31)(H,32,33). The number of rotatable bonds is 9. The van der Waals surface area contributed by atoms with Gasteiger partial charge in [0.15, 0.2) is 0 Å². The molecule has 2 N–H and O–H groups in total. The van der Waals surface area contributed by atoms with Crippen molar-refractivity contribution in [1.82, 2.24) is 5.32 Å². The first kappa shape index (κ1) is 24.1. The minimum atomic E-state index is -1.08. The fraction of sp³-hybridized carbons (Fsp3) is 0.103. The van der Waals surface area contributed by atoms with Gasteiger partial charge in [0.25, 0.3) is 5.91 Å². The smallest absolute Gasteiger partial charge is 0.326 e. The van der Waals surface area contributed by atoms with Crippen molar-refractivity contribution in [1.29, 1.82) is 0 Å². The van der Waals surface area contributed by atoms with Crippen molar-refractivity contribution < 1.29 is 19.4 Å². The Balaban J connectivity index is 1.49. The lowest BCUT2D eigenvalue weighted by atomic mass is 10.00. The number of benzene rings is 4. The molecule has 0 saturated heterocycles. The summed E-state index contributed by atoms with van der Waals surface area (Å²) >= 11 is 1.47. The highest BCUT2D eigenvalue weighted by Crippen LogP contribution is 2.31. The molecule has 1 amide bonds. The van der Waals surface area contributed by atoms with Crippen LogP contribution in [0.5, 0.6) is 5.75 Å². The number of carboxylic acid groups (broad SMARTS) is 1. The zero-order valence-electron chi connectivity index (χ0n) is 19.2. The second kappa shape index (κ2) is 11.4. The third kappa shape index (κ3) is 6.11. The monoisotopic (exact) mass is 483 g/mol. The first-order valence-corrected chi connectivity index (χ1v) is 11.9. The fourth-order valence-corrected chi connectivity index (χ4v) is 4.70. The highest BCUT2D eigenvalue weighted by Gasteiger charge is 2.23. The van der Waals surface area contributed by atoms with Gasteiger partial charge in [-0.15, -0.1) is 0 Å². The number of ether oxygens (including phenoxy) is 1.